The topological polar surface area (TPSA) is 27.0 Å². The van der Waals surface area contributed by atoms with E-state index < -0.39 is 5.82 Å². The van der Waals surface area contributed by atoms with Crippen LogP contribution in [0.3, 0.4) is 0 Å². The zero-order chi connectivity index (χ0) is 13.7. The Kier molecular flexibility index (Phi) is 4.15. The lowest BCUT2D eigenvalue weighted by molar-refractivity contribution is 0.623. The van der Waals surface area contributed by atoms with Crippen LogP contribution < -0.4 is 4.90 Å². The normalized spacial score (nSPS) is 9.95. The fourth-order valence-corrected chi connectivity index (χ4v) is 2.00. The van der Waals surface area contributed by atoms with Crippen LogP contribution in [0.1, 0.15) is 11.1 Å². The Labute approximate surface area is 112 Å². The van der Waals surface area contributed by atoms with Crippen LogP contribution in [-0.4, -0.2) is 13.6 Å². The van der Waals surface area contributed by atoms with E-state index in [0.29, 0.717) is 5.69 Å². The third-order valence-corrected chi connectivity index (χ3v) is 3.09. The van der Waals surface area contributed by atoms with Crippen LogP contribution in [0.15, 0.2) is 48.5 Å². The van der Waals surface area contributed by atoms with Crippen molar-refractivity contribution in [2.45, 2.75) is 6.42 Å². The first-order valence-electron chi connectivity index (χ1n) is 6.16. The lowest BCUT2D eigenvalue weighted by Crippen LogP contribution is -2.21. The second-order valence-corrected chi connectivity index (χ2v) is 4.40. The quantitative estimate of drug-likeness (QED) is 0.836. The van der Waals surface area contributed by atoms with Crippen molar-refractivity contribution >= 4 is 5.69 Å². The molecule has 0 aromatic heterocycles. The Hall–Kier alpha value is -2.34. The minimum atomic E-state index is -0.466. The molecule has 3 heteroatoms. The molecule has 0 unspecified atom stereocenters. The molecule has 0 N–H and O–H groups in total. The van der Waals surface area contributed by atoms with Gasteiger partial charge in [0.05, 0.1) is 5.69 Å². The third kappa shape index (κ3) is 3.11. The highest BCUT2D eigenvalue weighted by Gasteiger charge is 2.11. The summed E-state index contributed by atoms with van der Waals surface area (Å²) in [6.07, 6.45) is 0.860. The smallest absolute Gasteiger partial charge is 0.143 e. The summed E-state index contributed by atoms with van der Waals surface area (Å²) in [4.78, 5) is 1.91. The predicted molar refractivity (Wildman–Crippen MR) is 74.5 cm³/mol. The molecule has 0 saturated carbocycles. The Morgan fingerprint density at radius 1 is 1.11 bits per heavy atom. The van der Waals surface area contributed by atoms with E-state index in [1.165, 1.54) is 11.6 Å². The van der Waals surface area contributed by atoms with Crippen LogP contribution in [0.2, 0.25) is 0 Å². The molecule has 0 bridgehead atoms. The van der Waals surface area contributed by atoms with E-state index in [9.17, 15) is 4.39 Å². The summed E-state index contributed by atoms with van der Waals surface area (Å²) in [7, 11) is 1.87. The number of halogens is 1. The highest BCUT2D eigenvalue weighted by atomic mass is 19.1. The molecule has 0 atom stereocenters. The Morgan fingerprint density at radius 3 is 2.53 bits per heavy atom. The molecule has 96 valence electrons. The largest absolute Gasteiger partial charge is 0.373 e. The molecule has 19 heavy (non-hydrogen) atoms. The van der Waals surface area contributed by atoms with E-state index in [4.69, 9.17) is 5.26 Å². The Balaban J connectivity index is 2.11. The first kappa shape index (κ1) is 13.1. The highest BCUT2D eigenvalue weighted by Crippen LogP contribution is 2.21. The number of nitriles is 1. The SMILES string of the molecule is CN(CCc1ccccc1)c1cccc(F)c1C#N. The highest BCUT2D eigenvalue weighted by molar-refractivity contribution is 5.59. The van der Waals surface area contributed by atoms with E-state index in [2.05, 4.69) is 12.1 Å². The standard InChI is InChI=1S/C16H15FN2/c1-19(11-10-13-6-3-2-4-7-13)16-9-5-8-15(17)14(16)12-18/h2-9H,10-11H2,1H3. The van der Waals surface area contributed by atoms with Crippen molar-refractivity contribution in [3.05, 3.63) is 65.5 Å². The van der Waals surface area contributed by atoms with Gasteiger partial charge in [-0.05, 0) is 24.1 Å². The molecule has 0 fully saturated rings. The number of nitrogens with zero attached hydrogens (tertiary/aromatic N) is 2. The van der Waals surface area contributed by atoms with E-state index in [1.807, 2.05) is 36.2 Å². The fraction of sp³-hybridized carbons (Fsp3) is 0.188. The summed E-state index contributed by atoms with van der Waals surface area (Å²) in [6.45, 7) is 0.738. The maximum absolute atomic E-state index is 13.5. The molecule has 2 nitrogen and oxygen atoms in total. The van der Waals surface area contributed by atoms with E-state index >= 15 is 0 Å². The van der Waals surface area contributed by atoms with Crippen molar-refractivity contribution in [1.29, 1.82) is 5.26 Å². The van der Waals surface area contributed by atoms with Crippen molar-refractivity contribution in [1.82, 2.24) is 0 Å². The lowest BCUT2D eigenvalue weighted by atomic mass is 10.1. The van der Waals surface area contributed by atoms with E-state index in [0.717, 1.165) is 13.0 Å². The van der Waals surface area contributed by atoms with Gasteiger partial charge in [0.2, 0.25) is 0 Å². The second-order valence-electron chi connectivity index (χ2n) is 4.40. The number of anilines is 1. The van der Waals surface area contributed by atoms with Crippen LogP contribution in [0, 0.1) is 17.1 Å². The Morgan fingerprint density at radius 2 is 1.84 bits per heavy atom. The molecule has 0 aliphatic rings. The maximum Gasteiger partial charge on any atom is 0.143 e. The van der Waals surface area contributed by atoms with Gasteiger partial charge in [0.25, 0.3) is 0 Å². The zero-order valence-corrected chi connectivity index (χ0v) is 10.8. The van der Waals surface area contributed by atoms with Gasteiger partial charge in [0.15, 0.2) is 0 Å². The van der Waals surface area contributed by atoms with Crippen LogP contribution in [0.5, 0.6) is 0 Å². The number of rotatable bonds is 4. The summed E-state index contributed by atoms with van der Waals surface area (Å²) in [5.41, 5.74) is 1.97. The van der Waals surface area contributed by atoms with Gasteiger partial charge in [-0.3, -0.25) is 0 Å². The average molecular weight is 254 g/mol. The Bertz CT molecular complexity index is 587. The van der Waals surface area contributed by atoms with Gasteiger partial charge in [-0.25, -0.2) is 4.39 Å². The summed E-state index contributed by atoms with van der Waals surface area (Å²) in [6, 6.07) is 16.7. The van der Waals surface area contributed by atoms with E-state index in [-0.39, 0.29) is 5.56 Å². The van der Waals surface area contributed by atoms with Crippen molar-refractivity contribution in [2.24, 2.45) is 0 Å². The van der Waals surface area contributed by atoms with Crippen LogP contribution in [0.25, 0.3) is 0 Å². The molecule has 2 aromatic rings. The fourth-order valence-electron chi connectivity index (χ4n) is 2.00. The first-order chi connectivity index (χ1) is 9.22. The van der Waals surface area contributed by atoms with Gasteiger partial charge in [0.1, 0.15) is 17.4 Å². The number of benzene rings is 2. The number of likely N-dealkylation sites (N-methyl/N-ethyl adjacent to an activating group) is 1. The minimum absolute atomic E-state index is 0.109. The molecule has 0 aliphatic heterocycles. The van der Waals surface area contributed by atoms with Crippen LogP contribution >= 0.6 is 0 Å². The van der Waals surface area contributed by atoms with Crippen molar-refractivity contribution in [3.8, 4) is 6.07 Å². The molecule has 0 amide bonds. The molecule has 0 radical (unpaired) electrons. The van der Waals surface area contributed by atoms with Crippen LogP contribution in [0.4, 0.5) is 10.1 Å². The third-order valence-electron chi connectivity index (χ3n) is 3.09. The average Bonchev–Trinajstić information content (AvgIpc) is 2.45. The molecular formula is C16H15FN2. The van der Waals surface area contributed by atoms with Crippen molar-refractivity contribution in [2.75, 3.05) is 18.5 Å². The maximum atomic E-state index is 13.5. The number of hydrogen-bond donors (Lipinski definition) is 0. The second kappa shape index (κ2) is 6.01. The van der Waals surface area contributed by atoms with Gasteiger partial charge in [-0.1, -0.05) is 36.4 Å². The van der Waals surface area contributed by atoms with Crippen molar-refractivity contribution < 1.29 is 4.39 Å². The molecule has 0 saturated heterocycles. The molecule has 0 heterocycles. The molecule has 2 aromatic carbocycles. The summed E-state index contributed by atoms with van der Waals surface area (Å²) in [5, 5.41) is 9.02. The first-order valence-corrected chi connectivity index (χ1v) is 6.16. The van der Waals surface area contributed by atoms with E-state index in [1.54, 1.807) is 12.1 Å². The summed E-state index contributed by atoms with van der Waals surface area (Å²) < 4.78 is 13.5. The van der Waals surface area contributed by atoms with Gasteiger partial charge in [-0.15, -0.1) is 0 Å². The molecular weight excluding hydrogens is 239 g/mol. The zero-order valence-electron chi connectivity index (χ0n) is 10.8. The summed E-state index contributed by atoms with van der Waals surface area (Å²) in [5.74, 6) is -0.466. The van der Waals surface area contributed by atoms with Gasteiger partial charge >= 0.3 is 0 Å². The lowest BCUT2D eigenvalue weighted by Gasteiger charge is -2.20. The molecule has 2 rings (SSSR count). The van der Waals surface area contributed by atoms with Gasteiger partial charge in [-0.2, -0.15) is 5.26 Å². The number of hydrogen-bond acceptors (Lipinski definition) is 2. The van der Waals surface area contributed by atoms with Gasteiger partial charge in [0, 0.05) is 13.6 Å². The van der Waals surface area contributed by atoms with Gasteiger partial charge < -0.3 is 4.90 Å². The van der Waals surface area contributed by atoms with Crippen molar-refractivity contribution in [3.63, 3.8) is 0 Å². The molecule has 0 spiro atoms. The predicted octanol–water partition coefficient (Wildman–Crippen LogP) is 3.38. The molecule has 0 aliphatic carbocycles. The monoisotopic (exact) mass is 254 g/mol. The van der Waals surface area contributed by atoms with Crippen LogP contribution in [-0.2, 0) is 6.42 Å². The summed E-state index contributed by atoms with van der Waals surface area (Å²) >= 11 is 0. The minimum Gasteiger partial charge on any atom is -0.373 e.